The van der Waals surface area contributed by atoms with E-state index in [1.54, 1.807) is 25.3 Å². The van der Waals surface area contributed by atoms with Crippen LogP contribution in [0.2, 0.25) is 0 Å². The molecular weight excluding hydrogens is 410 g/mol. The first-order valence-electron chi connectivity index (χ1n) is 6.28. The number of hydrogen-bond donors (Lipinski definition) is 2. The Morgan fingerprint density at radius 1 is 1.27 bits per heavy atom. The van der Waals surface area contributed by atoms with Gasteiger partial charge in [0, 0.05) is 20.1 Å². The molecule has 0 unspecified atom stereocenters. The summed E-state index contributed by atoms with van der Waals surface area (Å²) in [5, 5.41) is 6.08. The molecular formula is C14H19F3IN3O. The van der Waals surface area contributed by atoms with Crippen molar-refractivity contribution in [3.05, 3.63) is 42.5 Å². The van der Waals surface area contributed by atoms with Crippen LogP contribution in [0.5, 0.6) is 5.75 Å². The summed E-state index contributed by atoms with van der Waals surface area (Å²) in [6, 6.07) is 6.39. The monoisotopic (exact) mass is 429 g/mol. The van der Waals surface area contributed by atoms with Gasteiger partial charge in [0.2, 0.25) is 0 Å². The van der Waals surface area contributed by atoms with E-state index in [0.717, 1.165) is 5.56 Å². The molecule has 0 saturated carbocycles. The lowest BCUT2D eigenvalue weighted by Gasteiger charge is -2.12. The number of ether oxygens (including phenoxy) is 1. The summed E-state index contributed by atoms with van der Waals surface area (Å²) >= 11 is 0. The number of rotatable bonds is 6. The van der Waals surface area contributed by atoms with Gasteiger partial charge in [-0.1, -0.05) is 18.2 Å². The van der Waals surface area contributed by atoms with Gasteiger partial charge in [0.25, 0.3) is 0 Å². The molecule has 0 heterocycles. The third kappa shape index (κ3) is 8.75. The molecule has 0 amide bonds. The Bertz CT molecular complexity index is 475. The quantitative estimate of drug-likeness (QED) is 0.316. The number of guanidine groups is 1. The Balaban J connectivity index is 0.00000441. The Labute approximate surface area is 144 Å². The highest BCUT2D eigenvalue weighted by molar-refractivity contribution is 14.0. The lowest BCUT2D eigenvalue weighted by atomic mass is 10.2. The van der Waals surface area contributed by atoms with Gasteiger partial charge < -0.3 is 15.4 Å². The molecule has 0 aliphatic carbocycles. The van der Waals surface area contributed by atoms with Crippen molar-refractivity contribution in [2.75, 3.05) is 20.2 Å². The second kappa shape index (κ2) is 10.3. The fourth-order valence-electron chi connectivity index (χ4n) is 1.44. The summed E-state index contributed by atoms with van der Waals surface area (Å²) in [6.45, 7) is 3.38. The Hall–Kier alpha value is -1.45. The summed E-state index contributed by atoms with van der Waals surface area (Å²) in [5.74, 6) is 0.803. The van der Waals surface area contributed by atoms with Crippen LogP contribution >= 0.6 is 24.0 Å². The highest BCUT2D eigenvalue weighted by Crippen LogP contribution is 2.18. The minimum atomic E-state index is -4.33. The normalized spacial score (nSPS) is 11.4. The van der Waals surface area contributed by atoms with E-state index < -0.39 is 12.8 Å². The van der Waals surface area contributed by atoms with Crippen LogP contribution in [0.3, 0.4) is 0 Å². The maximum Gasteiger partial charge on any atom is 0.422 e. The van der Waals surface area contributed by atoms with E-state index in [-0.39, 0.29) is 29.7 Å². The Morgan fingerprint density at radius 2 is 1.91 bits per heavy atom. The molecule has 2 N–H and O–H groups in total. The van der Waals surface area contributed by atoms with Crippen LogP contribution in [-0.4, -0.2) is 32.3 Å². The summed E-state index contributed by atoms with van der Waals surface area (Å²) in [7, 11) is 1.65. The van der Waals surface area contributed by atoms with Gasteiger partial charge in [0.15, 0.2) is 12.6 Å². The number of benzene rings is 1. The van der Waals surface area contributed by atoms with Gasteiger partial charge in [0.1, 0.15) is 5.75 Å². The Kier molecular flexibility index (Phi) is 9.63. The summed E-state index contributed by atoms with van der Waals surface area (Å²) in [6.07, 6.45) is -2.62. The molecule has 0 saturated heterocycles. The molecule has 22 heavy (non-hydrogen) atoms. The fraction of sp³-hybridized carbons (Fsp3) is 0.357. The largest absolute Gasteiger partial charge is 0.484 e. The smallest absolute Gasteiger partial charge is 0.422 e. The highest BCUT2D eigenvalue weighted by atomic mass is 127. The van der Waals surface area contributed by atoms with E-state index in [2.05, 4.69) is 26.9 Å². The number of halogens is 4. The van der Waals surface area contributed by atoms with Crippen molar-refractivity contribution in [2.45, 2.75) is 12.7 Å². The van der Waals surface area contributed by atoms with Crippen LogP contribution in [-0.2, 0) is 6.54 Å². The van der Waals surface area contributed by atoms with Gasteiger partial charge in [-0.2, -0.15) is 13.2 Å². The van der Waals surface area contributed by atoms with Gasteiger partial charge in [-0.05, 0) is 17.7 Å². The molecule has 0 bridgehead atoms. The van der Waals surface area contributed by atoms with E-state index in [4.69, 9.17) is 0 Å². The van der Waals surface area contributed by atoms with Crippen molar-refractivity contribution in [1.82, 2.24) is 10.6 Å². The third-order valence-electron chi connectivity index (χ3n) is 2.42. The topological polar surface area (TPSA) is 45.7 Å². The van der Waals surface area contributed by atoms with E-state index in [1.807, 2.05) is 0 Å². The van der Waals surface area contributed by atoms with Crippen molar-refractivity contribution in [2.24, 2.45) is 4.99 Å². The standard InChI is InChI=1S/C14H18F3N3O.HI/c1-3-8-19-13(18-2)20-9-11-4-6-12(7-5-11)21-10-14(15,16)17;/h3-7H,1,8-10H2,2H3,(H2,18,19,20);1H. The van der Waals surface area contributed by atoms with E-state index in [1.165, 1.54) is 12.1 Å². The molecule has 8 heteroatoms. The predicted octanol–water partition coefficient (Wildman–Crippen LogP) is 3.10. The lowest BCUT2D eigenvalue weighted by Crippen LogP contribution is -2.36. The van der Waals surface area contributed by atoms with Gasteiger partial charge in [-0.25, -0.2) is 0 Å². The molecule has 1 aromatic rings. The second-order valence-electron chi connectivity index (χ2n) is 4.14. The van der Waals surface area contributed by atoms with Gasteiger partial charge in [-0.3, -0.25) is 4.99 Å². The van der Waals surface area contributed by atoms with Crippen molar-refractivity contribution < 1.29 is 17.9 Å². The molecule has 0 aliphatic heterocycles. The number of hydrogen-bond acceptors (Lipinski definition) is 2. The number of nitrogens with zero attached hydrogens (tertiary/aromatic N) is 1. The first kappa shape index (κ1) is 20.6. The van der Waals surface area contributed by atoms with Crippen LogP contribution in [0.1, 0.15) is 5.56 Å². The lowest BCUT2D eigenvalue weighted by molar-refractivity contribution is -0.153. The van der Waals surface area contributed by atoms with E-state index >= 15 is 0 Å². The third-order valence-corrected chi connectivity index (χ3v) is 2.42. The molecule has 4 nitrogen and oxygen atoms in total. The Morgan fingerprint density at radius 3 is 2.41 bits per heavy atom. The van der Waals surface area contributed by atoms with Crippen LogP contribution in [0.15, 0.2) is 41.9 Å². The van der Waals surface area contributed by atoms with Crippen LogP contribution in [0, 0.1) is 0 Å². The molecule has 1 aromatic carbocycles. The number of alkyl halides is 3. The highest BCUT2D eigenvalue weighted by Gasteiger charge is 2.28. The first-order valence-corrected chi connectivity index (χ1v) is 6.28. The zero-order valence-corrected chi connectivity index (χ0v) is 14.4. The SMILES string of the molecule is C=CCNC(=NC)NCc1ccc(OCC(F)(F)F)cc1.I. The molecule has 0 radical (unpaired) electrons. The van der Waals surface area contributed by atoms with E-state index in [0.29, 0.717) is 19.0 Å². The van der Waals surface area contributed by atoms with Crippen LogP contribution in [0.25, 0.3) is 0 Å². The maximum absolute atomic E-state index is 12.0. The zero-order valence-electron chi connectivity index (χ0n) is 12.1. The van der Waals surface area contributed by atoms with Crippen LogP contribution < -0.4 is 15.4 Å². The molecule has 0 spiro atoms. The number of nitrogens with one attached hydrogen (secondary N) is 2. The maximum atomic E-state index is 12.0. The molecule has 124 valence electrons. The summed E-state index contributed by atoms with van der Waals surface area (Å²) < 4.78 is 40.7. The van der Waals surface area contributed by atoms with Crippen molar-refractivity contribution in [3.63, 3.8) is 0 Å². The first-order chi connectivity index (χ1) is 9.94. The summed E-state index contributed by atoms with van der Waals surface area (Å²) in [5.41, 5.74) is 0.899. The number of aliphatic imine (C=N–C) groups is 1. The van der Waals surface area contributed by atoms with Gasteiger partial charge in [0.05, 0.1) is 0 Å². The van der Waals surface area contributed by atoms with E-state index in [9.17, 15) is 13.2 Å². The van der Waals surface area contributed by atoms with Crippen molar-refractivity contribution >= 4 is 29.9 Å². The van der Waals surface area contributed by atoms with Gasteiger partial charge >= 0.3 is 6.18 Å². The molecule has 0 aromatic heterocycles. The molecule has 0 fully saturated rings. The minimum absolute atomic E-state index is 0. The van der Waals surface area contributed by atoms with Gasteiger partial charge in [-0.15, -0.1) is 30.6 Å². The second-order valence-corrected chi connectivity index (χ2v) is 4.14. The van der Waals surface area contributed by atoms with Crippen molar-refractivity contribution in [3.8, 4) is 5.75 Å². The van der Waals surface area contributed by atoms with Crippen LogP contribution in [0.4, 0.5) is 13.2 Å². The average Bonchev–Trinajstić information content (AvgIpc) is 2.46. The minimum Gasteiger partial charge on any atom is -0.484 e. The average molecular weight is 429 g/mol. The molecule has 0 aliphatic rings. The zero-order chi connectivity index (χ0) is 15.7. The molecule has 0 atom stereocenters. The fourth-order valence-corrected chi connectivity index (χ4v) is 1.44. The predicted molar refractivity (Wildman–Crippen MR) is 91.8 cm³/mol. The molecule has 1 rings (SSSR count). The summed E-state index contributed by atoms with van der Waals surface area (Å²) in [4.78, 5) is 4.01. The van der Waals surface area contributed by atoms with Crippen molar-refractivity contribution in [1.29, 1.82) is 0 Å².